The van der Waals surface area contributed by atoms with Crippen molar-refractivity contribution in [2.75, 3.05) is 13.1 Å². The van der Waals surface area contributed by atoms with E-state index in [1.807, 2.05) is 43.0 Å². The van der Waals surface area contributed by atoms with Gasteiger partial charge in [-0.1, -0.05) is 12.1 Å². The van der Waals surface area contributed by atoms with Crippen LogP contribution in [-0.2, 0) is 4.79 Å². The van der Waals surface area contributed by atoms with E-state index in [1.54, 1.807) is 0 Å². The fourth-order valence-electron chi connectivity index (χ4n) is 3.34. The number of likely N-dealkylation sites (tertiary alicyclic amines) is 1. The normalized spacial score (nSPS) is 26.3. The van der Waals surface area contributed by atoms with Crippen molar-refractivity contribution in [3.05, 3.63) is 29.8 Å². The summed E-state index contributed by atoms with van der Waals surface area (Å²) in [6.45, 7) is 5.53. The number of carbonyl (C=O) groups is 1. The molecule has 3 atom stereocenters. The van der Waals surface area contributed by atoms with E-state index in [9.17, 15) is 4.79 Å². The molecule has 114 valence electrons. The minimum absolute atomic E-state index is 0.103. The summed E-state index contributed by atoms with van der Waals surface area (Å²) < 4.78 is 5.82. The monoisotopic (exact) mass is 288 g/mol. The Bertz CT molecular complexity index is 517. The number of rotatable bonds is 3. The number of nitrogens with zero attached hydrogens (tertiary/aromatic N) is 1. The number of hydrogen-bond donors (Lipinski definition) is 1. The minimum atomic E-state index is -0.427. The molecule has 0 saturated carbocycles. The number of benzene rings is 1. The lowest BCUT2D eigenvalue weighted by molar-refractivity contribution is -0.138. The van der Waals surface area contributed by atoms with Crippen LogP contribution < -0.4 is 10.1 Å². The molecule has 1 aromatic rings. The van der Waals surface area contributed by atoms with E-state index < -0.39 is 6.10 Å². The predicted molar refractivity (Wildman–Crippen MR) is 82.4 cm³/mol. The third-order valence-electron chi connectivity index (χ3n) is 4.49. The zero-order valence-corrected chi connectivity index (χ0v) is 12.8. The summed E-state index contributed by atoms with van der Waals surface area (Å²) in [6.07, 6.45) is 3.06. The van der Waals surface area contributed by atoms with Gasteiger partial charge in [-0.05, 0) is 50.8 Å². The molecule has 1 N–H and O–H groups in total. The van der Waals surface area contributed by atoms with E-state index in [1.165, 1.54) is 12.8 Å². The van der Waals surface area contributed by atoms with Crippen LogP contribution in [0.1, 0.15) is 31.7 Å². The molecular formula is C17H24N2O2. The lowest BCUT2D eigenvalue weighted by Crippen LogP contribution is -2.44. The highest BCUT2D eigenvalue weighted by molar-refractivity contribution is 5.81. The highest BCUT2D eigenvalue weighted by atomic mass is 16.5. The average molecular weight is 288 g/mol. The topological polar surface area (TPSA) is 41.6 Å². The number of hydrogen-bond acceptors (Lipinski definition) is 3. The first-order valence-electron chi connectivity index (χ1n) is 7.90. The van der Waals surface area contributed by atoms with Gasteiger partial charge in [0.05, 0.1) is 0 Å². The predicted octanol–water partition coefficient (Wildman–Crippen LogP) is 2.12. The molecule has 4 nitrogen and oxygen atoms in total. The number of fused-ring (bicyclic) bond motifs is 2. The molecule has 2 bridgehead atoms. The first kappa shape index (κ1) is 14.4. The van der Waals surface area contributed by atoms with Crippen LogP contribution in [0.2, 0.25) is 0 Å². The van der Waals surface area contributed by atoms with Gasteiger partial charge in [0.1, 0.15) is 5.75 Å². The quantitative estimate of drug-likeness (QED) is 0.926. The maximum absolute atomic E-state index is 12.6. The zero-order valence-electron chi connectivity index (χ0n) is 12.8. The van der Waals surface area contributed by atoms with E-state index in [2.05, 4.69) is 5.32 Å². The third-order valence-corrected chi connectivity index (χ3v) is 4.49. The molecule has 21 heavy (non-hydrogen) atoms. The van der Waals surface area contributed by atoms with Gasteiger partial charge in [0, 0.05) is 25.2 Å². The molecule has 3 unspecified atom stereocenters. The summed E-state index contributed by atoms with van der Waals surface area (Å²) in [5.41, 5.74) is 1.14. The Kier molecular flexibility index (Phi) is 4.15. The molecule has 2 saturated heterocycles. The highest BCUT2D eigenvalue weighted by Crippen LogP contribution is 2.21. The molecule has 0 aromatic heterocycles. The van der Waals surface area contributed by atoms with E-state index in [4.69, 9.17) is 4.74 Å². The zero-order chi connectivity index (χ0) is 14.8. The van der Waals surface area contributed by atoms with E-state index in [0.29, 0.717) is 12.1 Å². The van der Waals surface area contributed by atoms with Crippen LogP contribution in [0.3, 0.4) is 0 Å². The summed E-state index contributed by atoms with van der Waals surface area (Å²) in [4.78, 5) is 14.6. The molecule has 0 radical (unpaired) electrons. The fourth-order valence-corrected chi connectivity index (χ4v) is 3.34. The number of aryl methyl sites for hydroxylation is 1. The van der Waals surface area contributed by atoms with Crippen molar-refractivity contribution in [3.63, 3.8) is 0 Å². The molecular weight excluding hydrogens is 264 g/mol. The molecule has 2 fully saturated rings. The number of carbonyl (C=O) groups excluding carboxylic acids is 1. The second-order valence-corrected chi connectivity index (χ2v) is 6.29. The standard InChI is InChI=1S/C17H24N2O2/c1-12-4-3-5-16(10-12)21-13(2)17(20)19-9-8-14-6-7-15(11-19)18-14/h3-5,10,13-15,18H,6-9,11H2,1-2H3. The van der Waals surface area contributed by atoms with Crippen LogP contribution in [0.5, 0.6) is 5.75 Å². The summed E-state index contributed by atoms with van der Waals surface area (Å²) in [7, 11) is 0. The van der Waals surface area contributed by atoms with Crippen LogP contribution in [0.25, 0.3) is 0 Å². The van der Waals surface area contributed by atoms with Crippen LogP contribution in [-0.4, -0.2) is 42.1 Å². The van der Waals surface area contributed by atoms with Crippen molar-refractivity contribution in [1.29, 1.82) is 0 Å². The lowest BCUT2D eigenvalue weighted by Gasteiger charge is -2.27. The Morgan fingerprint density at radius 3 is 2.95 bits per heavy atom. The van der Waals surface area contributed by atoms with Gasteiger partial charge in [0.15, 0.2) is 6.10 Å². The Balaban J connectivity index is 1.61. The maximum atomic E-state index is 12.6. The first-order chi connectivity index (χ1) is 10.1. The Morgan fingerprint density at radius 2 is 2.14 bits per heavy atom. The SMILES string of the molecule is Cc1cccc(OC(C)C(=O)N2CCC3CCC(C2)N3)c1. The Labute approximate surface area is 126 Å². The molecule has 1 aromatic carbocycles. The number of nitrogens with one attached hydrogen (secondary N) is 1. The van der Waals surface area contributed by atoms with Gasteiger partial charge in [-0.3, -0.25) is 4.79 Å². The molecule has 1 amide bonds. The molecule has 4 heteroatoms. The Morgan fingerprint density at radius 1 is 1.33 bits per heavy atom. The van der Waals surface area contributed by atoms with Crippen LogP contribution in [0.4, 0.5) is 0 Å². The lowest BCUT2D eigenvalue weighted by atomic mass is 10.1. The highest BCUT2D eigenvalue weighted by Gasteiger charge is 2.32. The van der Waals surface area contributed by atoms with Gasteiger partial charge in [0.25, 0.3) is 5.91 Å². The van der Waals surface area contributed by atoms with Gasteiger partial charge < -0.3 is 15.0 Å². The smallest absolute Gasteiger partial charge is 0.263 e. The Hall–Kier alpha value is -1.55. The summed E-state index contributed by atoms with van der Waals surface area (Å²) in [6, 6.07) is 8.92. The van der Waals surface area contributed by atoms with Crippen molar-refractivity contribution in [1.82, 2.24) is 10.2 Å². The van der Waals surface area contributed by atoms with E-state index >= 15 is 0 Å². The van der Waals surface area contributed by atoms with E-state index in [0.717, 1.165) is 30.8 Å². The van der Waals surface area contributed by atoms with Crippen molar-refractivity contribution < 1.29 is 9.53 Å². The minimum Gasteiger partial charge on any atom is -0.481 e. The van der Waals surface area contributed by atoms with Gasteiger partial charge in [-0.25, -0.2) is 0 Å². The third kappa shape index (κ3) is 3.38. The van der Waals surface area contributed by atoms with Crippen LogP contribution in [0, 0.1) is 6.92 Å². The van der Waals surface area contributed by atoms with E-state index in [-0.39, 0.29) is 5.91 Å². The van der Waals surface area contributed by atoms with Crippen molar-refractivity contribution in [3.8, 4) is 5.75 Å². The molecule has 2 heterocycles. The molecule has 0 spiro atoms. The van der Waals surface area contributed by atoms with Gasteiger partial charge in [0.2, 0.25) is 0 Å². The molecule has 2 aliphatic rings. The van der Waals surface area contributed by atoms with Crippen LogP contribution >= 0.6 is 0 Å². The van der Waals surface area contributed by atoms with Crippen molar-refractivity contribution in [2.45, 2.75) is 51.3 Å². The molecule has 0 aliphatic carbocycles. The maximum Gasteiger partial charge on any atom is 0.263 e. The van der Waals surface area contributed by atoms with Gasteiger partial charge in [-0.15, -0.1) is 0 Å². The number of amides is 1. The largest absolute Gasteiger partial charge is 0.481 e. The van der Waals surface area contributed by atoms with Gasteiger partial charge in [-0.2, -0.15) is 0 Å². The molecule has 2 aliphatic heterocycles. The second-order valence-electron chi connectivity index (χ2n) is 6.29. The summed E-state index contributed by atoms with van der Waals surface area (Å²) in [5.74, 6) is 0.871. The van der Waals surface area contributed by atoms with Crippen LogP contribution in [0.15, 0.2) is 24.3 Å². The fraction of sp³-hybridized carbons (Fsp3) is 0.588. The summed E-state index contributed by atoms with van der Waals surface area (Å²) in [5, 5.41) is 3.60. The second kappa shape index (κ2) is 6.06. The summed E-state index contributed by atoms with van der Waals surface area (Å²) >= 11 is 0. The first-order valence-corrected chi connectivity index (χ1v) is 7.90. The number of ether oxygens (including phenoxy) is 1. The molecule has 3 rings (SSSR count). The van der Waals surface area contributed by atoms with Gasteiger partial charge >= 0.3 is 0 Å². The average Bonchev–Trinajstić information content (AvgIpc) is 2.77. The van der Waals surface area contributed by atoms with Crippen molar-refractivity contribution in [2.24, 2.45) is 0 Å². The van der Waals surface area contributed by atoms with Crippen molar-refractivity contribution >= 4 is 5.91 Å².